The van der Waals surface area contributed by atoms with Crippen LogP contribution in [0.4, 0.5) is 4.39 Å². The van der Waals surface area contributed by atoms with E-state index in [9.17, 15) is 9.18 Å². The Balaban J connectivity index is 1.60. The molecule has 1 amide bonds. The number of hydrogen-bond acceptors (Lipinski definition) is 4. The highest BCUT2D eigenvalue weighted by Gasteiger charge is 2.32. The SMILES string of the molecule is Cc1nc([C@H]2CCCN2C(=O)CN(C)Cc2ccc(F)cc2)n[nH]1. The van der Waals surface area contributed by atoms with Crippen molar-refractivity contribution in [2.75, 3.05) is 20.1 Å². The molecule has 1 aromatic carbocycles. The van der Waals surface area contributed by atoms with Crippen molar-refractivity contribution in [2.45, 2.75) is 32.4 Å². The number of aryl methyl sites for hydroxylation is 1. The van der Waals surface area contributed by atoms with Gasteiger partial charge in [0.1, 0.15) is 11.6 Å². The largest absolute Gasteiger partial charge is 0.331 e. The first-order valence-corrected chi connectivity index (χ1v) is 8.14. The molecule has 128 valence electrons. The molecule has 1 aliphatic rings. The van der Waals surface area contributed by atoms with E-state index in [2.05, 4.69) is 15.2 Å². The average Bonchev–Trinajstić information content (AvgIpc) is 3.18. The van der Waals surface area contributed by atoms with Crippen LogP contribution >= 0.6 is 0 Å². The number of amides is 1. The monoisotopic (exact) mass is 331 g/mol. The molecule has 1 fully saturated rings. The Morgan fingerprint density at radius 3 is 2.83 bits per heavy atom. The van der Waals surface area contributed by atoms with E-state index in [0.29, 0.717) is 18.9 Å². The Bertz CT molecular complexity index is 699. The quantitative estimate of drug-likeness (QED) is 0.911. The maximum Gasteiger partial charge on any atom is 0.237 e. The summed E-state index contributed by atoms with van der Waals surface area (Å²) in [4.78, 5) is 20.8. The smallest absolute Gasteiger partial charge is 0.237 e. The summed E-state index contributed by atoms with van der Waals surface area (Å²) < 4.78 is 13.0. The molecule has 3 rings (SSSR count). The van der Waals surface area contributed by atoms with Gasteiger partial charge < -0.3 is 4.90 Å². The Kier molecular flexibility index (Phi) is 4.89. The number of aromatic amines is 1. The second kappa shape index (κ2) is 7.09. The van der Waals surface area contributed by atoms with Gasteiger partial charge in [-0.3, -0.25) is 14.8 Å². The molecule has 0 saturated carbocycles. The van der Waals surface area contributed by atoms with Crippen molar-refractivity contribution in [1.29, 1.82) is 0 Å². The highest BCUT2D eigenvalue weighted by atomic mass is 19.1. The summed E-state index contributed by atoms with van der Waals surface area (Å²) in [5, 5.41) is 7.05. The summed E-state index contributed by atoms with van der Waals surface area (Å²) in [5.74, 6) is 1.28. The van der Waals surface area contributed by atoms with Gasteiger partial charge in [-0.05, 0) is 44.5 Å². The number of likely N-dealkylation sites (N-methyl/N-ethyl adjacent to an activating group) is 1. The third-order valence-electron chi connectivity index (χ3n) is 4.26. The zero-order valence-corrected chi connectivity index (χ0v) is 14.0. The van der Waals surface area contributed by atoms with E-state index in [-0.39, 0.29) is 17.8 Å². The summed E-state index contributed by atoms with van der Waals surface area (Å²) in [6.45, 7) is 3.51. The zero-order valence-electron chi connectivity index (χ0n) is 14.0. The van der Waals surface area contributed by atoms with Crippen LogP contribution in [0.2, 0.25) is 0 Å². The normalized spacial score (nSPS) is 17.7. The lowest BCUT2D eigenvalue weighted by molar-refractivity contribution is -0.133. The molecule has 24 heavy (non-hydrogen) atoms. The molecular weight excluding hydrogens is 309 g/mol. The number of hydrogen-bond donors (Lipinski definition) is 1. The molecule has 1 aliphatic heterocycles. The summed E-state index contributed by atoms with van der Waals surface area (Å²) in [6, 6.07) is 6.32. The zero-order chi connectivity index (χ0) is 17.1. The van der Waals surface area contributed by atoms with Gasteiger partial charge in [-0.25, -0.2) is 9.37 Å². The van der Waals surface area contributed by atoms with Gasteiger partial charge in [-0.2, -0.15) is 5.10 Å². The standard InChI is InChI=1S/C17H22FN5O/c1-12-19-17(21-20-12)15-4-3-9-23(15)16(24)11-22(2)10-13-5-7-14(18)8-6-13/h5-8,15H,3-4,9-11H2,1-2H3,(H,19,20,21)/t15-/m1/s1. The van der Waals surface area contributed by atoms with Gasteiger partial charge in [0.05, 0.1) is 12.6 Å². The fraction of sp³-hybridized carbons (Fsp3) is 0.471. The first kappa shape index (κ1) is 16.6. The minimum absolute atomic E-state index is 0.0401. The molecule has 0 bridgehead atoms. The van der Waals surface area contributed by atoms with E-state index < -0.39 is 0 Å². The van der Waals surface area contributed by atoms with E-state index in [0.717, 1.165) is 30.8 Å². The molecule has 7 heteroatoms. The van der Waals surface area contributed by atoms with E-state index in [4.69, 9.17) is 0 Å². The average molecular weight is 331 g/mol. The Hall–Kier alpha value is -2.28. The van der Waals surface area contributed by atoms with Crippen molar-refractivity contribution in [3.8, 4) is 0 Å². The van der Waals surface area contributed by atoms with Crippen LogP contribution < -0.4 is 0 Å². The van der Waals surface area contributed by atoms with Crippen molar-refractivity contribution in [2.24, 2.45) is 0 Å². The molecule has 6 nitrogen and oxygen atoms in total. The number of nitrogens with zero attached hydrogens (tertiary/aromatic N) is 4. The number of nitrogens with one attached hydrogen (secondary N) is 1. The Labute approximate surface area is 140 Å². The van der Waals surface area contributed by atoms with Gasteiger partial charge in [-0.1, -0.05) is 12.1 Å². The molecule has 2 aromatic rings. The molecule has 0 aliphatic carbocycles. The van der Waals surface area contributed by atoms with E-state index in [1.54, 1.807) is 12.1 Å². The molecular formula is C17H22FN5O. The van der Waals surface area contributed by atoms with Crippen LogP contribution in [0.25, 0.3) is 0 Å². The van der Waals surface area contributed by atoms with Crippen LogP contribution in [0, 0.1) is 12.7 Å². The Morgan fingerprint density at radius 2 is 2.17 bits per heavy atom. The number of carbonyl (C=O) groups excluding carboxylic acids is 1. The second-order valence-electron chi connectivity index (χ2n) is 6.32. The minimum Gasteiger partial charge on any atom is -0.331 e. The van der Waals surface area contributed by atoms with Crippen LogP contribution in [-0.2, 0) is 11.3 Å². The number of rotatable bonds is 5. The molecule has 0 unspecified atom stereocenters. The first-order chi connectivity index (χ1) is 11.5. The lowest BCUT2D eigenvalue weighted by atomic mass is 10.2. The topological polar surface area (TPSA) is 65.1 Å². The van der Waals surface area contributed by atoms with Crippen molar-refractivity contribution in [3.63, 3.8) is 0 Å². The summed E-state index contributed by atoms with van der Waals surface area (Å²) in [6.07, 6.45) is 1.86. The third-order valence-corrected chi connectivity index (χ3v) is 4.26. The number of H-pyrrole nitrogens is 1. The third kappa shape index (κ3) is 3.79. The van der Waals surface area contributed by atoms with Gasteiger partial charge in [0.15, 0.2) is 5.82 Å². The van der Waals surface area contributed by atoms with Crippen molar-refractivity contribution in [3.05, 3.63) is 47.3 Å². The number of aromatic nitrogens is 3. The van der Waals surface area contributed by atoms with Crippen LogP contribution in [0.1, 0.15) is 36.1 Å². The van der Waals surface area contributed by atoms with Gasteiger partial charge in [-0.15, -0.1) is 0 Å². The number of carbonyl (C=O) groups is 1. The lowest BCUT2D eigenvalue weighted by Gasteiger charge is -2.25. The predicted molar refractivity (Wildman–Crippen MR) is 87.5 cm³/mol. The molecule has 1 N–H and O–H groups in total. The van der Waals surface area contributed by atoms with Crippen molar-refractivity contribution >= 4 is 5.91 Å². The van der Waals surface area contributed by atoms with Crippen LogP contribution in [0.5, 0.6) is 0 Å². The van der Waals surface area contributed by atoms with Crippen molar-refractivity contribution < 1.29 is 9.18 Å². The molecule has 0 spiro atoms. The second-order valence-corrected chi connectivity index (χ2v) is 6.32. The molecule has 0 radical (unpaired) electrons. The fourth-order valence-electron chi connectivity index (χ4n) is 3.12. The number of benzene rings is 1. The van der Waals surface area contributed by atoms with E-state index in [1.807, 2.05) is 23.8 Å². The lowest BCUT2D eigenvalue weighted by Crippen LogP contribution is -2.38. The minimum atomic E-state index is -0.251. The maximum atomic E-state index is 13.0. The number of likely N-dealkylation sites (tertiary alicyclic amines) is 1. The molecule has 1 aromatic heterocycles. The molecule has 1 saturated heterocycles. The maximum absolute atomic E-state index is 13.0. The number of halogens is 1. The van der Waals surface area contributed by atoms with Crippen LogP contribution in [0.15, 0.2) is 24.3 Å². The fourth-order valence-corrected chi connectivity index (χ4v) is 3.12. The Morgan fingerprint density at radius 1 is 1.42 bits per heavy atom. The summed E-state index contributed by atoms with van der Waals surface area (Å²) in [5.41, 5.74) is 0.981. The van der Waals surface area contributed by atoms with Gasteiger partial charge in [0.2, 0.25) is 5.91 Å². The van der Waals surface area contributed by atoms with E-state index >= 15 is 0 Å². The van der Waals surface area contributed by atoms with Crippen molar-refractivity contribution in [1.82, 2.24) is 25.0 Å². The summed E-state index contributed by atoms with van der Waals surface area (Å²) >= 11 is 0. The van der Waals surface area contributed by atoms with Crippen LogP contribution in [-0.4, -0.2) is 51.0 Å². The van der Waals surface area contributed by atoms with Crippen LogP contribution in [0.3, 0.4) is 0 Å². The predicted octanol–water partition coefficient (Wildman–Crippen LogP) is 2.05. The molecule has 2 heterocycles. The molecule has 1 atom stereocenters. The highest BCUT2D eigenvalue weighted by molar-refractivity contribution is 5.79. The van der Waals surface area contributed by atoms with Gasteiger partial charge in [0.25, 0.3) is 0 Å². The first-order valence-electron chi connectivity index (χ1n) is 8.14. The van der Waals surface area contributed by atoms with Gasteiger partial charge >= 0.3 is 0 Å². The summed E-state index contributed by atoms with van der Waals surface area (Å²) in [7, 11) is 1.89. The van der Waals surface area contributed by atoms with Gasteiger partial charge in [0, 0.05) is 13.1 Å². The van der Waals surface area contributed by atoms with E-state index in [1.165, 1.54) is 12.1 Å². The highest BCUT2D eigenvalue weighted by Crippen LogP contribution is 2.29.